The van der Waals surface area contributed by atoms with Crippen LogP contribution >= 0.6 is 0 Å². The number of hydrogen-bond donors (Lipinski definition) is 0. The van der Waals surface area contributed by atoms with E-state index in [0.29, 0.717) is 0 Å². The van der Waals surface area contributed by atoms with Gasteiger partial charge in [-0.3, -0.25) is 0 Å². The molecule has 0 radical (unpaired) electrons. The Morgan fingerprint density at radius 1 is 1.00 bits per heavy atom. The fourth-order valence-corrected chi connectivity index (χ4v) is 2.18. The molecule has 1 aliphatic rings. The summed E-state index contributed by atoms with van der Waals surface area (Å²) in [7, 11) is 0. The Morgan fingerprint density at radius 2 is 1.67 bits per heavy atom. The molecule has 1 rings (SSSR count). The van der Waals surface area contributed by atoms with Gasteiger partial charge in [0.15, 0.2) is 0 Å². The van der Waals surface area contributed by atoms with Gasteiger partial charge in [-0.25, -0.2) is 4.79 Å². The summed E-state index contributed by atoms with van der Waals surface area (Å²) in [6.45, 7) is 1.98. The molecule has 18 heavy (non-hydrogen) atoms. The molecule has 2 nitrogen and oxygen atoms in total. The van der Waals surface area contributed by atoms with E-state index in [9.17, 15) is 4.79 Å². The van der Waals surface area contributed by atoms with Gasteiger partial charge in [-0.05, 0) is 32.6 Å². The van der Waals surface area contributed by atoms with Crippen molar-refractivity contribution in [2.24, 2.45) is 0 Å². The third-order valence-electron chi connectivity index (χ3n) is 3.28. The molecule has 1 unspecified atom stereocenters. The maximum atomic E-state index is 11.4. The topological polar surface area (TPSA) is 26.3 Å². The fraction of sp³-hybridized carbons (Fsp3) is 0.688. The first-order chi connectivity index (χ1) is 8.79. The highest BCUT2D eigenvalue weighted by atomic mass is 16.5. The van der Waals surface area contributed by atoms with Crippen LogP contribution in [-0.4, -0.2) is 12.1 Å². The van der Waals surface area contributed by atoms with Crippen molar-refractivity contribution < 1.29 is 9.53 Å². The van der Waals surface area contributed by atoms with Crippen molar-refractivity contribution in [1.29, 1.82) is 0 Å². The van der Waals surface area contributed by atoms with Crippen molar-refractivity contribution in [2.75, 3.05) is 0 Å². The highest BCUT2D eigenvalue weighted by Crippen LogP contribution is 2.12. The lowest BCUT2D eigenvalue weighted by Crippen LogP contribution is -2.12. The Balaban J connectivity index is 2.38. The third kappa shape index (κ3) is 8.10. The van der Waals surface area contributed by atoms with Crippen LogP contribution in [0.15, 0.2) is 24.3 Å². The molecule has 1 atom stereocenters. The summed E-state index contributed by atoms with van der Waals surface area (Å²) in [5.41, 5.74) is 0. The maximum absolute atomic E-state index is 11.4. The summed E-state index contributed by atoms with van der Waals surface area (Å²) in [6, 6.07) is 0. The van der Waals surface area contributed by atoms with Crippen LogP contribution in [0.5, 0.6) is 0 Å². The van der Waals surface area contributed by atoms with Crippen molar-refractivity contribution in [3.05, 3.63) is 24.3 Å². The molecule has 1 aliphatic heterocycles. The molecule has 0 bridgehead atoms. The van der Waals surface area contributed by atoms with Crippen LogP contribution in [0.3, 0.4) is 0 Å². The molecule has 0 aromatic rings. The normalized spacial score (nSPS) is 28.3. The monoisotopic (exact) mass is 250 g/mol. The second-order valence-corrected chi connectivity index (χ2v) is 5.09. The van der Waals surface area contributed by atoms with Crippen molar-refractivity contribution in [3.63, 3.8) is 0 Å². The molecule has 0 N–H and O–H groups in total. The van der Waals surface area contributed by atoms with Crippen LogP contribution < -0.4 is 0 Å². The van der Waals surface area contributed by atoms with E-state index >= 15 is 0 Å². The largest absolute Gasteiger partial charge is 0.460 e. The van der Waals surface area contributed by atoms with E-state index in [1.165, 1.54) is 44.6 Å². The van der Waals surface area contributed by atoms with Gasteiger partial charge in [0, 0.05) is 6.08 Å². The number of esters is 1. The Morgan fingerprint density at radius 3 is 2.44 bits per heavy atom. The summed E-state index contributed by atoms with van der Waals surface area (Å²) < 4.78 is 5.29. The smallest absolute Gasteiger partial charge is 0.331 e. The van der Waals surface area contributed by atoms with Gasteiger partial charge < -0.3 is 4.74 Å². The third-order valence-corrected chi connectivity index (χ3v) is 3.28. The number of hydrogen-bond acceptors (Lipinski definition) is 2. The zero-order valence-corrected chi connectivity index (χ0v) is 11.6. The van der Waals surface area contributed by atoms with E-state index in [2.05, 4.69) is 6.08 Å². The zero-order chi connectivity index (χ0) is 13.1. The van der Waals surface area contributed by atoms with Gasteiger partial charge in [0.25, 0.3) is 0 Å². The molecule has 0 amide bonds. The molecular weight excluding hydrogens is 224 g/mol. The predicted octanol–water partition coefficient (Wildman–Crippen LogP) is 4.56. The molecule has 0 aliphatic carbocycles. The summed E-state index contributed by atoms with van der Waals surface area (Å²) in [4.78, 5) is 11.4. The first kappa shape index (κ1) is 15.0. The summed E-state index contributed by atoms with van der Waals surface area (Å²) in [5.74, 6) is -0.223. The first-order valence-corrected chi connectivity index (χ1v) is 7.33. The van der Waals surface area contributed by atoms with Gasteiger partial charge in [-0.1, -0.05) is 50.3 Å². The van der Waals surface area contributed by atoms with E-state index in [4.69, 9.17) is 4.74 Å². The van der Waals surface area contributed by atoms with E-state index in [-0.39, 0.29) is 12.1 Å². The Labute approximate surface area is 111 Å². The average molecular weight is 250 g/mol. The molecule has 0 aromatic heterocycles. The second-order valence-electron chi connectivity index (χ2n) is 5.09. The van der Waals surface area contributed by atoms with Crippen molar-refractivity contribution in [1.82, 2.24) is 0 Å². The van der Waals surface area contributed by atoms with Crippen LogP contribution in [0.25, 0.3) is 0 Å². The second kappa shape index (κ2) is 9.93. The van der Waals surface area contributed by atoms with E-state index < -0.39 is 0 Å². The van der Waals surface area contributed by atoms with E-state index in [0.717, 1.165) is 19.3 Å². The van der Waals surface area contributed by atoms with Crippen LogP contribution in [0.4, 0.5) is 0 Å². The van der Waals surface area contributed by atoms with Gasteiger partial charge >= 0.3 is 5.97 Å². The highest BCUT2D eigenvalue weighted by Gasteiger charge is 2.06. The minimum atomic E-state index is -0.223. The van der Waals surface area contributed by atoms with Crippen LogP contribution in [0, 0.1) is 0 Å². The van der Waals surface area contributed by atoms with Crippen molar-refractivity contribution in [3.8, 4) is 0 Å². The van der Waals surface area contributed by atoms with Gasteiger partial charge in [0.1, 0.15) is 0 Å². The van der Waals surface area contributed by atoms with E-state index in [1.807, 2.05) is 13.0 Å². The Hall–Kier alpha value is -1.05. The Bertz CT molecular complexity index is 279. The van der Waals surface area contributed by atoms with Crippen LogP contribution in [0.2, 0.25) is 0 Å². The number of ether oxygens (including phenoxy) is 1. The number of carbonyl (C=O) groups is 1. The minimum absolute atomic E-state index is 0.0408. The minimum Gasteiger partial charge on any atom is -0.460 e. The van der Waals surface area contributed by atoms with Gasteiger partial charge in [-0.15, -0.1) is 0 Å². The number of cyclic esters (lactones) is 1. The average Bonchev–Trinajstić information content (AvgIpc) is 2.33. The van der Waals surface area contributed by atoms with Crippen LogP contribution in [-0.2, 0) is 9.53 Å². The van der Waals surface area contributed by atoms with Crippen molar-refractivity contribution in [2.45, 2.75) is 70.8 Å². The first-order valence-electron chi connectivity index (χ1n) is 7.33. The fourth-order valence-electron chi connectivity index (χ4n) is 2.18. The predicted molar refractivity (Wildman–Crippen MR) is 75.4 cm³/mol. The summed E-state index contributed by atoms with van der Waals surface area (Å²) >= 11 is 0. The van der Waals surface area contributed by atoms with Gasteiger partial charge in [0.2, 0.25) is 0 Å². The van der Waals surface area contributed by atoms with Gasteiger partial charge in [0.05, 0.1) is 6.10 Å². The molecule has 0 aromatic carbocycles. The molecule has 102 valence electrons. The lowest BCUT2D eigenvalue weighted by atomic mass is 10.1. The molecule has 2 heteroatoms. The van der Waals surface area contributed by atoms with E-state index in [1.54, 1.807) is 6.08 Å². The number of allylic oxidation sites excluding steroid dienone is 3. The SMILES string of the molecule is CC1CCCCCCCCC/C=C\C=C\C(=O)O1. The lowest BCUT2D eigenvalue weighted by molar-refractivity contribution is -0.142. The lowest BCUT2D eigenvalue weighted by Gasteiger charge is -2.11. The van der Waals surface area contributed by atoms with Crippen molar-refractivity contribution >= 4 is 5.97 Å². The quantitative estimate of drug-likeness (QED) is 0.589. The summed E-state index contributed by atoms with van der Waals surface area (Å²) in [6.07, 6.45) is 18.5. The molecule has 0 saturated heterocycles. The van der Waals surface area contributed by atoms with Crippen LogP contribution in [0.1, 0.15) is 64.7 Å². The summed E-state index contributed by atoms with van der Waals surface area (Å²) in [5, 5.41) is 0. The highest BCUT2D eigenvalue weighted by molar-refractivity contribution is 5.82. The standard InChI is InChI=1S/C16H26O2/c1-15-13-11-9-7-5-3-2-4-6-8-10-12-14-16(17)18-15/h8,10,12,14-15H,2-7,9,11,13H2,1H3/b10-8-,14-12+. The number of rotatable bonds is 0. The van der Waals surface area contributed by atoms with Gasteiger partial charge in [-0.2, -0.15) is 0 Å². The molecule has 0 fully saturated rings. The molecule has 0 spiro atoms. The molecule has 1 heterocycles. The Kier molecular flexibility index (Phi) is 8.28. The molecule has 0 saturated carbocycles. The maximum Gasteiger partial charge on any atom is 0.331 e. The number of carbonyl (C=O) groups excluding carboxylic acids is 1. The molecular formula is C16H26O2. The zero-order valence-electron chi connectivity index (χ0n) is 11.6.